The minimum Gasteiger partial charge on any atom is -0.478 e. The molecule has 9 nitrogen and oxygen atoms in total. The van der Waals surface area contributed by atoms with Gasteiger partial charge in [-0.25, -0.2) is 13.4 Å². The summed E-state index contributed by atoms with van der Waals surface area (Å²) in [5, 5.41) is 7.94. The molecule has 2 aliphatic rings. The van der Waals surface area contributed by atoms with Gasteiger partial charge in [-0.3, -0.25) is 9.59 Å². The third kappa shape index (κ3) is 4.37. The highest BCUT2D eigenvalue weighted by atomic mass is 32.2. The van der Waals surface area contributed by atoms with Gasteiger partial charge in [0.05, 0.1) is 22.2 Å². The number of carbonyl (C=O) groups is 2. The van der Waals surface area contributed by atoms with Crippen LogP contribution in [0, 0.1) is 19.8 Å². The van der Waals surface area contributed by atoms with Gasteiger partial charge in [0.1, 0.15) is 5.75 Å². The van der Waals surface area contributed by atoms with E-state index in [1.54, 1.807) is 13.0 Å². The standard InChI is InChI=1S/C21H26N4O5S2/c1-4-16-20(27)23-15-8-12(2)18(9-17(15)30-16)32(28,29)25-7-5-6-14(10-25)19(26)24-21-22-13(3)11-31-21/h8-9,11,14,16H,4-7,10H2,1-3H3,(H,23,27)(H,22,24,26)/t14-,16-/m0/s1. The van der Waals surface area contributed by atoms with Crippen molar-refractivity contribution in [2.24, 2.45) is 5.92 Å². The van der Waals surface area contributed by atoms with Crippen molar-refractivity contribution < 1.29 is 22.7 Å². The van der Waals surface area contributed by atoms with Crippen molar-refractivity contribution in [3.63, 3.8) is 0 Å². The highest BCUT2D eigenvalue weighted by Crippen LogP contribution is 2.36. The van der Waals surface area contributed by atoms with E-state index in [0.717, 1.165) is 5.69 Å². The lowest BCUT2D eigenvalue weighted by molar-refractivity contribution is -0.123. The molecule has 1 saturated heterocycles. The molecule has 2 amide bonds. The minimum atomic E-state index is -3.85. The lowest BCUT2D eigenvalue weighted by Crippen LogP contribution is -2.44. The number of hydrogen-bond acceptors (Lipinski definition) is 7. The average Bonchev–Trinajstić information content (AvgIpc) is 3.17. The summed E-state index contributed by atoms with van der Waals surface area (Å²) in [6.45, 7) is 5.80. The largest absolute Gasteiger partial charge is 0.478 e. The fourth-order valence-electron chi connectivity index (χ4n) is 3.96. The van der Waals surface area contributed by atoms with Gasteiger partial charge in [-0.2, -0.15) is 4.31 Å². The third-order valence-electron chi connectivity index (χ3n) is 5.69. The van der Waals surface area contributed by atoms with E-state index in [1.165, 1.54) is 21.7 Å². The molecule has 11 heteroatoms. The van der Waals surface area contributed by atoms with Crippen LogP contribution in [0.2, 0.25) is 0 Å². The Hall–Kier alpha value is -2.50. The Morgan fingerprint density at radius 1 is 1.38 bits per heavy atom. The van der Waals surface area contributed by atoms with Gasteiger partial charge in [0.15, 0.2) is 11.2 Å². The molecule has 1 fully saturated rings. The monoisotopic (exact) mass is 478 g/mol. The Labute approximate surface area is 191 Å². The number of thiazole rings is 1. The van der Waals surface area contributed by atoms with Gasteiger partial charge in [0, 0.05) is 24.5 Å². The highest BCUT2D eigenvalue weighted by molar-refractivity contribution is 7.89. The molecule has 0 aliphatic carbocycles. The van der Waals surface area contributed by atoms with Gasteiger partial charge in [0.2, 0.25) is 15.9 Å². The van der Waals surface area contributed by atoms with Crippen molar-refractivity contribution in [1.29, 1.82) is 0 Å². The predicted octanol–water partition coefficient (Wildman–Crippen LogP) is 2.91. The summed E-state index contributed by atoms with van der Waals surface area (Å²) in [6.07, 6.45) is 1.02. The van der Waals surface area contributed by atoms with E-state index in [4.69, 9.17) is 4.74 Å². The van der Waals surface area contributed by atoms with Crippen LogP contribution >= 0.6 is 11.3 Å². The molecule has 2 aliphatic heterocycles. The second-order valence-corrected chi connectivity index (χ2v) is 10.9. The van der Waals surface area contributed by atoms with E-state index >= 15 is 0 Å². The Morgan fingerprint density at radius 2 is 2.16 bits per heavy atom. The van der Waals surface area contributed by atoms with E-state index in [1.807, 2.05) is 19.2 Å². The van der Waals surface area contributed by atoms with Crippen LogP contribution in [0.15, 0.2) is 22.4 Å². The van der Waals surface area contributed by atoms with E-state index in [2.05, 4.69) is 15.6 Å². The Balaban J connectivity index is 1.55. The number of piperidine rings is 1. The number of fused-ring (bicyclic) bond motifs is 1. The third-order valence-corrected chi connectivity index (χ3v) is 8.57. The lowest BCUT2D eigenvalue weighted by Gasteiger charge is -2.32. The Kier molecular flexibility index (Phi) is 6.24. The molecule has 1 aromatic carbocycles. The number of aryl methyl sites for hydroxylation is 2. The molecule has 0 bridgehead atoms. The van der Waals surface area contributed by atoms with E-state index in [-0.39, 0.29) is 23.3 Å². The molecule has 4 rings (SSSR count). The number of carbonyl (C=O) groups excluding carboxylic acids is 2. The zero-order chi connectivity index (χ0) is 23.0. The summed E-state index contributed by atoms with van der Waals surface area (Å²) < 4.78 is 34.1. The Morgan fingerprint density at radius 3 is 2.84 bits per heavy atom. The van der Waals surface area contributed by atoms with Crippen molar-refractivity contribution in [2.45, 2.75) is 51.0 Å². The lowest BCUT2D eigenvalue weighted by atomic mass is 9.99. The molecule has 3 heterocycles. The summed E-state index contributed by atoms with van der Waals surface area (Å²) >= 11 is 1.34. The average molecular weight is 479 g/mol. The van der Waals surface area contributed by atoms with Crippen LogP contribution in [-0.4, -0.2) is 48.7 Å². The van der Waals surface area contributed by atoms with Crippen molar-refractivity contribution in [3.05, 3.63) is 28.8 Å². The van der Waals surface area contributed by atoms with Crippen LogP contribution < -0.4 is 15.4 Å². The number of sulfonamides is 1. The van der Waals surface area contributed by atoms with E-state index in [0.29, 0.717) is 47.9 Å². The molecular weight excluding hydrogens is 452 g/mol. The molecule has 0 radical (unpaired) electrons. The molecule has 172 valence electrons. The summed E-state index contributed by atoms with van der Waals surface area (Å²) in [5.41, 5.74) is 1.79. The number of aromatic nitrogens is 1. The topological polar surface area (TPSA) is 118 Å². The van der Waals surface area contributed by atoms with Crippen LogP contribution in [0.3, 0.4) is 0 Å². The zero-order valence-electron chi connectivity index (χ0n) is 18.2. The first kappa shape index (κ1) is 22.7. The number of rotatable bonds is 5. The first-order chi connectivity index (χ1) is 15.2. The normalized spacial score (nSPS) is 21.4. The molecule has 2 N–H and O–H groups in total. The van der Waals surface area contributed by atoms with Gasteiger partial charge in [-0.05, 0) is 44.7 Å². The number of anilines is 2. The van der Waals surface area contributed by atoms with E-state index < -0.39 is 22.0 Å². The second-order valence-electron chi connectivity index (χ2n) is 8.10. The molecule has 2 atom stereocenters. The van der Waals surface area contributed by atoms with Crippen molar-refractivity contribution >= 4 is 44.0 Å². The maximum absolute atomic E-state index is 13.5. The number of benzene rings is 1. The summed E-state index contributed by atoms with van der Waals surface area (Å²) in [6, 6.07) is 3.09. The number of hydrogen-bond donors (Lipinski definition) is 2. The minimum absolute atomic E-state index is 0.101. The van der Waals surface area contributed by atoms with Crippen molar-refractivity contribution in [2.75, 3.05) is 23.7 Å². The summed E-state index contributed by atoms with van der Waals surface area (Å²) in [4.78, 5) is 29.1. The maximum Gasteiger partial charge on any atom is 0.265 e. The van der Waals surface area contributed by atoms with Crippen LogP contribution in [-0.2, 0) is 19.6 Å². The molecule has 0 unspecified atom stereocenters. The van der Waals surface area contributed by atoms with Crippen LogP contribution in [0.4, 0.5) is 10.8 Å². The highest BCUT2D eigenvalue weighted by Gasteiger charge is 2.36. The van der Waals surface area contributed by atoms with Gasteiger partial charge in [0.25, 0.3) is 5.91 Å². The quantitative estimate of drug-likeness (QED) is 0.682. The maximum atomic E-state index is 13.5. The molecule has 32 heavy (non-hydrogen) atoms. The van der Waals surface area contributed by atoms with Gasteiger partial charge in [-0.15, -0.1) is 11.3 Å². The number of nitrogens with one attached hydrogen (secondary N) is 2. The fourth-order valence-corrected chi connectivity index (χ4v) is 6.40. The van der Waals surface area contributed by atoms with Crippen molar-refractivity contribution in [3.8, 4) is 5.75 Å². The van der Waals surface area contributed by atoms with Gasteiger partial charge >= 0.3 is 0 Å². The number of amides is 2. The van der Waals surface area contributed by atoms with Crippen LogP contribution in [0.1, 0.15) is 37.4 Å². The smallest absolute Gasteiger partial charge is 0.265 e. The second kappa shape index (κ2) is 8.80. The van der Waals surface area contributed by atoms with Gasteiger partial charge in [-0.1, -0.05) is 6.92 Å². The van der Waals surface area contributed by atoms with Gasteiger partial charge < -0.3 is 15.4 Å². The molecule has 1 aromatic heterocycles. The molecular formula is C21H26N4O5S2. The zero-order valence-corrected chi connectivity index (χ0v) is 19.8. The summed E-state index contributed by atoms with van der Waals surface area (Å²) in [7, 11) is -3.85. The fraction of sp³-hybridized carbons (Fsp3) is 0.476. The van der Waals surface area contributed by atoms with Crippen molar-refractivity contribution in [1.82, 2.24) is 9.29 Å². The number of nitrogens with zero attached hydrogens (tertiary/aromatic N) is 2. The predicted molar refractivity (Wildman–Crippen MR) is 121 cm³/mol. The van der Waals surface area contributed by atoms with E-state index in [9.17, 15) is 18.0 Å². The van der Waals surface area contributed by atoms with Crippen LogP contribution in [0.25, 0.3) is 0 Å². The summed E-state index contributed by atoms with van der Waals surface area (Å²) in [5.74, 6) is -0.583. The molecule has 0 saturated carbocycles. The molecule has 0 spiro atoms. The first-order valence-corrected chi connectivity index (χ1v) is 12.9. The Bertz CT molecular complexity index is 1160. The number of ether oxygens (including phenoxy) is 1. The SMILES string of the molecule is CC[C@@H]1Oc2cc(S(=O)(=O)N3CCC[C@H](C(=O)Nc4nc(C)cs4)C3)c(C)cc2NC1=O. The van der Waals surface area contributed by atoms with Crippen LogP contribution in [0.5, 0.6) is 5.75 Å². The molecule has 2 aromatic rings. The first-order valence-electron chi connectivity index (χ1n) is 10.5.